The molecule has 32 heavy (non-hydrogen) atoms. The molecule has 0 amide bonds. The molecule has 5 rings (SSSR count). The Labute approximate surface area is 194 Å². The number of nitrogen functional groups attached to an aromatic ring is 1. The van der Waals surface area contributed by atoms with Crippen molar-refractivity contribution in [2.45, 2.75) is 13.8 Å². The molecule has 0 saturated carbocycles. The van der Waals surface area contributed by atoms with Gasteiger partial charge in [-0.2, -0.15) is 0 Å². The molecule has 4 heterocycles. The lowest BCUT2D eigenvalue weighted by Crippen LogP contribution is -1.99. The van der Waals surface area contributed by atoms with E-state index in [1.807, 2.05) is 74.6 Å². The normalized spacial score (nSPS) is 11.1. The van der Waals surface area contributed by atoms with Crippen molar-refractivity contribution >= 4 is 55.5 Å². The van der Waals surface area contributed by atoms with E-state index >= 15 is 0 Å². The number of hydrogen-bond acceptors (Lipinski definition) is 7. The molecular formula is C24H22N6S2. The number of nitrogens with zero attached hydrogens (tertiary/aromatic N) is 3. The van der Waals surface area contributed by atoms with Crippen LogP contribution in [0.5, 0.6) is 0 Å². The first-order valence-corrected chi connectivity index (χ1v) is 11.7. The second kappa shape index (κ2) is 8.14. The van der Waals surface area contributed by atoms with Crippen molar-refractivity contribution in [1.29, 1.82) is 0 Å². The highest BCUT2D eigenvalue weighted by atomic mass is 32.1. The number of nitrogens with two attached hydrogens (primary N) is 1. The molecule has 0 radical (unpaired) electrons. The maximum Gasteiger partial charge on any atom is 0.188 e. The number of pyridine rings is 1. The Kier molecular flexibility index (Phi) is 5.16. The number of fused-ring (bicyclic) bond motifs is 1. The molecule has 0 fully saturated rings. The van der Waals surface area contributed by atoms with Crippen LogP contribution in [0.2, 0.25) is 0 Å². The summed E-state index contributed by atoms with van der Waals surface area (Å²) in [5, 5.41) is 8.60. The number of anilines is 4. The van der Waals surface area contributed by atoms with Gasteiger partial charge in [0, 0.05) is 11.9 Å². The van der Waals surface area contributed by atoms with E-state index < -0.39 is 0 Å². The molecule has 0 unspecified atom stereocenters. The monoisotopic (exact) mass is 458 g/mol. The van der Waals surface area contributed by atoms with Gasteiger partial charge in [0.25, 0.3) is 0 Å². The molecule has 0 aliphatic heterocycles. The third kappa shape index (κ3) is 3.74. The number of benzene rings is 1. The van der Waals surface area contributed by atoms with E-state index in [4.69, 9.17) is 10.7 Å². The smallest absolute Gasteiger partial charge is 0.188 e. The maximum absolute atomic E-state index is 6.03. The van der Waals surface area contributed by atoms with Crippen LogP contribution in [0.25, 0.3) is 21.9 Å². The summed E-state index contributed by atoms with van der Waals surface area (Å²) in [7, 11) is 0. The van der Waals surface area contributed by atoms with Crippen molar-refractivity contribution in [2.75, 3.05) is 16.4 Å². The minimum Gasteiger partial charge on any atom is -0.397 e. The lowest BCUT2D eigenvalue weighted by Gasteiger charge is -2.10. The van der Waals surface area contributed by atoms with Crippen molar-refractivity contribution in [1.82, 2.24) is 14.4 Å². The molecule has 5 aromatic rings. The Morgan fingerprint density at radius 2 is 1.78 bits per heavy atom. The molecule has 4 N–H and O–H groups in total. The molecular weight excluding hydrogens is 436 g/mol. The Bertz CT molecular complexity index is 1440. The molecule has 0 bridgehead atoms. The first kappa shape index (κ1) is 20.3. The summed E-state index contributed by atoms with van der Waals surface area (Å²) in [6, 6.07) is 17.8. The van der Waals surface area contributed by atoms with E-state index in [0.717, 1.165) is 54.0 Å². The first-order valence-electron chi connectivity index (χ1n) is 10.1. The van der Waals surface area contributed by atoms with Crippen LogP contribution >= 0.6 is 22.7 Å². The summed E-state index contributed by atoms with van der Waals surface area (Å²) in [6.45, 7) is 8.24. The Morgan fingerprint density at radius 3 is 2.62 bits per heavy atom. The summed E-state index contributed by atoms with van der Waals surface area (Å²) in [6.07, 6.45) is 2.04. The van der Waals surface area contributed by atoms with E-state index in [0.29, 0.717) is 5.69 Å². The van der Waals surface area contributed by atoms with Gasteiger partial charge in [-0.1, -0.05) is 36.1 Å². The van der Waals surface area contributed by atoms with Crippen LogP contribution in [0.3, 0.4) is 0 Å². The van der Waals surface area contributed by atoms with Gasteiger partial charge in [-0.15, -0.1) is 11.3 Å². The number of thiazole rings is 1. The highest BCUT2D eigenvalue weighted by molar-refractivity contribution is 7.20. The quantitative estimate of drug-likeness (QED) is 0.252. The minimum absolute atomic E-state index is 0.692. The molecule has 8 heteroatoms. The summed E-state index contributed by atoms with van der Waals surface area (Å²) < 4.78 is 2.12. The molecule has 4 aromatic heterocycles. The van der Waals surface area contributed by atoms with Crippen LogP contribution in [-0.4, -0.2) is 14.4 Å². The van der Waals surface area contributed by atoms with Crippen LogP contribution in [0.4, 0.5) is 21.5 Å². The second-order valence-corrected chi connectivity index (χ2v) is 9.47. The standard InChI is InChI=1S/C24H22N6S2/c1-14(26-18-9-5-4-8-17(18)25)19-11-12-21(31-19)29-24-28-16(3)23(32-24)22-15(2)27-20-10-6-7-13-30(20)22/h4-13,26H,1,25H2,2-3H3,(H,28,29). The largest absolute Gasteiger partial charge is 0.397 e. The van der Waals surface area contributed by atoms with Crippen LogP contribution in [0.15, 0.2) is 67.4 Å². The zero-order valence-electron chi connectivity index (χ0n) is 17.7. The van der Waals surface area contributed by atoms with Crippen LogP contribution < -0.4 is 16.4 Å². The number of thiophene rings is 1. The number of para-hydroxylation sites is 2. The van der Waals surface area contributed by atoms with E-state index in [-0.39, 0.29) is 0 Å². The van der Waals surface area contributed by atoms with E-state index in [1.165, 1.54) is 0 Å². The van der Waals surface area contributed by atoms with Crippen LogP contribution in [0, 0.1) is 13.8 Å². The summed E-state index contributed by atoms with van der Waals surface area (Å²) in [5.41, 5.74) is 12.4. The maximum atomic E-state index is 6.03. The van der Waals surface area contributed by atoms with Gasteiger partial charge in [-0.25, -0.2) is 9.97 Å². The second-order valence-electron chi connectivity index (χ2n) is 7.39. The Hall–Kier alpha value is -3.62. The predicted octanol–water partition coefficient (Wildman–Crippen LogP) is 6.54. The van der Waals surface area contributed by atoms with E-state index in [9.17, 15) is 0 Å². The molecule has 0 atom stereocenters. The van der Waals surface area contributed by atoms with Crippen molar-refractivity contribution in [2.24, 2.45) is 0 Å². The SMILES string of the molecule is C=C(Nc1ccccc1N)c1ccc(Nc2nc(C)c(-c3c(C)nc4ccccn34)s2)s1. The zero-order chi connectivity index (χ0) is 22.2. The van der Waals surface area contributed by atoms with Crippen molar-refractivity contribution in [3.05, 3.63) is 83.6 Å². The third-order valence-electron chi connectivity index (χ3n) is 5.10. The van der Waals surface area contributed by atoms with Crippen molar-refractivity contribution in [3.8, 4) is 10.6 Å². The fourth-order valence-corrected chi connectivity index (χ4v) is 5.53. The fraction of sp³-hybridized carbons (Fsp3) is 0.0833. The summed E-state index contributed by atoms with van der Waals surface area (Å²) in [5.74, 6) is 0. The average Bonchev–Trinajstić information content (AvgIpc) is 3.46. The predicted molar refractivity (Wildman–Crippen MR) is 137 cm³/mol. The van der Waals surface area contributed by atoms with Gasteiger partial charge in [0.2, 0.25) is 0 Å². The van der Waals surface area contributed by atoms with Crippen molar-refractivity contribution in [3.63, 3.8) is 0 Å². The van der Waals surface area contributed by atoms with Gasteiger partial charge in [-0.3, -0.25) is 4.40 Å². The van der Waals surface area contributed by atoms with Gasteiger partial charge in [-0.05, 0) is 50.2 Å². The molecule has 160 valence electrons. The van der Waals surface area contributed by atoms with Gasteiger partial charge >= 0.3 is 0 Å². The highest BCUT2D eigenvalue weighted by Crippen LogP contribution is 2.38. The van der Waals surface area contributed by atoms with Crippen LogP contribution in [0.1, 0.15) is 16.3 Å². The van der Waals surface area contributed by atoms with Gasteiger partial charge in [0.15, 0.2) is 5.13 Å². The third-order valence-corrected chi connectivity index (χ3v) is 7.24. The van der Waals surface area contributed by atoms with Crippen LogP contribution in [-0.2, 0) is 0 Å². The topological polar surface area (TPSA) is 80.3 Å². The molecule has 6 nitrogen and oxygen atoms in total. The number of imidazole rings is 1. The molecule has 0 spiro atoms. The molecule has 0 aliphatic rings. The number of rotatable bonds is 6. The number of hydrogen-bond donors (Lipinski definition) is 3. The minimum atomic E-state index is 0.692. The van der Waals surface area contributed by atoms with Gasteiger partial charge < -0.3 is 16.4 Å². The number of nitrogens with one attached hydrogen (secondary N) is 2. The summed E-state index contributed by atoms with van der Waals surface area (Å²) >= 11 is 3.25. The zero-order valence-corrected chi connectivity index (χ0v) is 19.3. The van der Waals surface area contributed by atoms with Crippen molar-refractivity contribution < 1.29 is 0 Å². The first-order chi connectivity index (χ1) is 15.5. The summed E-state index contributed by atoms with van der Waals surface area (Å²) in [4.78, 5) is 11.6. The number of aryl methyl sites for hydroxylation is 2. The van der Waals surface area contributed by atoms with Gasteiger partial charge in [0.05, 0.1) is 43.2 Å². The number of aromatic nitrogens is 3. The van der Waals surface area contributed by atoms with Gasteiger partial charge in [0.1, 0.15) is 5.65 Å². The lowest BCUT2D eigenvalue weighted by atomic mass is 10.2. The Morgan fingerprint density at radius 1 is 0.969 bits per heavy atom. The van der Waals surface area contributed by atoms with E-state index in [1.54, 1.807) is 22.7 Å². The van der Waals surface area contributed by atoms with E-state index in [2.05, 4.69) is 26.6 Å². The molecule has 1 aromatic carbocycles. The highest BCUT2D eigenvalue weighted by Gasteiger charge is 2.17. The molecule has 0 saturated heterocycles. The molecule has 0 aliphatic carbocycles. The fourth-order valence-electron chi connectivity index (χ4n) is 3.56. The Balaban J connectivity index is 1.37. The lowest BCUT2D eigenvalue weighted by molar-refractivity contribution is 1.18. The average molecular weight is 459 g/mol.